The number of alkyl carbamates (subject to hydrolysis) is 1. The smallest absolute Gasteiger partial charge is 0.407 e. The van der Waals surface area contributed by atoms with E-state index in [0.717, 1.165) is 40.3 Å². The van der Waals surface area contributed by atoms with Crippen molar-refractivity contribution in [3.05, 3.63) is 39.5 Å². The number of hydrogen-bond acceptors (Lipinski definition) is 7. The van der Waals surface area contributed by atoms with Gasteiger partial charge in [0.15, 0.2) is 0 Å². The first kappa shape index (κ1) is 33.1. The topological polar surface area (TPSA) is 120 Å². The van der Waals surface area contributed by atoms with Crippen molar-refractivity contribution < 1.29 is 37.8 Å². The molecular formula is C28H46NO8PSi. The van der Waals surface area contributed by atoms with Crippen LogP contribution >= 0.6 is 7.60 Å². The van der Waals surface area contributed by atoms with Crippen molar-refractivity contribution in [3.63, 3.8) is 0 Å². The highest BCUT2D eigenvalue weighted by Crippen LogP contribution is 2.43. The van der Waals surface area contributed by atoms with E-state index < -0.39 is 21.8 Å². The largest absolute Gasteiger partial charge is 0.493 e. The summed E-state index contributed by atoms with van der Waals surface area (Å²) in [6.45, 7) is 17.3. The molecule has 2 unspecified atom stereocenters. The fourth-order valence-corrected chi connectivity index (χ4v) is 6.14. The molecule has 2 atom stereocenters. The Kier molecular flexibility index (Phi) is 12.3. The summed E-state index contributed by atoms with van der Waals surface area (Å²) in [5.41, 5.74) is 5.44. The summed E-state index contributed by atoms with van der Waals surface area (Å²) in [6.07, 6.45) is 2.70. The molecule has 1 aliphatic rings. The summed E-state index contributed by atoms with van der Waals surface area (Å²) < 4.78 is 34.2. The van der Waals surface area contributed by atoms with Gasteiger partial charge in [-0.1, -0.05) is 39.6 Å². The van der Waals surface area contributed by atoms with E-state index in [1.54, 1.807) is 6.92 Å². The number of esters is 1. The molecule has 11 heteroatoms. The van der Waals surface area contributed by atoms with Gasteiger partial charge in [-0.3, -0.25) is 4.57 Å². The fourth-order valence-electron chi connectivity index (χ4n) is 4.21. The standard InChI is InChI=1S/C28H46NO8PSi/c1-9-20(4)37-38(32,33)15-13-29-28(31)36-17-19(3)11-12-23-22(10-2)21(5)24-18-35-27(30)25(24)26(23)34-14-16-39(6,7)8/h11,20H,9-10,12-18H2,1-8H3,(H,29,31)(H,32,33). The van der Waals surface area contributed by atoms with Crippen LogP contribution in [0.4, 0.5) is 4.79 Å². The van der Waals surface area contributed by atoms with Crippen LogP contribution in [0.3, 0.4) is 0 Å². The molecule has 0 spiro atoms. The highest BCUT2D eigenvalue weighted by Gasteiger charge is 2.32. The molecule has 0 aliphatic carbocycles. The van der Waals surface area contributed by atoms with E-state index in [2.05, 4.69) is 31.9 Å². The Bertz CT molecular complexity index is 1110. The summed E-state index contributed by atoms with van der Waals surface area (Å²) >= 11 is 0. The molecule has 1 amide bonds. The van der Waals surface area contributed by atoms with Gasteiger partial charge in [0, 0.05) is 25.7 Å². The Balaban J connectivity index is 2.09. The number of nitrogens with one attached hydrogen (secondary N) is 1. The molecule has 2 rings (SSSR count). The van der Waals surface area contributed by atoms with E-state index in [1.807, 2.05) is 26.8 Å². The number of benzene rings is 1. The second-order valence-electron chi connectivity index (χ2n) is 11.3. The number of carbonyl (C=O) groups excluding carboxylic acids is 2. The molecule has 0 radical (unpaired) electrons. The predicted octanol–water partition coefficient (Wildman–Crippen LogP) is 6.16. The van der Waals surface area contributed by atoms with Crippen molar-refractivity contribution in [2.75, 3.05) is 25.9 Å². The molecule has 0 fully saturated rings. The van der Waals surface area contributed by atoms with Gasteiger partial charge in [0.1, 0.15) is 24.5 Å². The van der Waals surface area contributed by atoms with Gasteiger partial charge in [0.25, 0.3) is 0 Å². The Labute approximate surface area is 234 Å². The first-order chi connectivity index (χ1) is 18.2. The van der Waals surface area contributed by atoms with Crippen molar-refractivity contribution in [1.29, 1.82) is 0 Å². The van der Waals surface area contributed by atoms with E-state index in [0.29, 0.717) is 30.8 Å². The molecule has 1 aromatic carbocycles. The minimum absolute atomic E-state index is 0.0334. The highest BCUT2D eigenvalue weighted by atomic mass is 31.2. The summed E-state index contributed by atoms with van der Waals surface area (Å²) in [6, 6.07) is 0.971. The van der Waals surface area contributed by atoms with Crippen molar-refractivity contribution >= 4 is 27.7 Å². The molecule has 0 saturated carbocycles. The lowest BCUT2D eigenvalue weighted by Gasteiger charge is -2.22. The van der Waals surface area contributed by atoms with Gasteiger partial charge in [-0.2, -0.15) is 0 Å². The number of hydrogen-bond donors (Lipinski definition) is 2. The zero-order valence-electron chi connectivity index (χ0n) is 24.8. The number of amides is 1. The number of rotatable bonds is 15. The van der Waals surface area contributed by atoms with Crippen molar-refractivity contribution in [2.45, 2.75) is 92.3 Å². The quantitative estimate of drug-likeness (QED) is 0.109. The molecule has 2 N–H and O–H groups in total. The third-order valence-corrected chi connectivity index (χ3v) is 9.93. The van der Waals surface area contributed by atoms with Gasteiger partial charge in [0.05, 0.1) is 18.9 Å². The molecule has 220 valence electrons. The monoisotopic (exact) mass is 583 g/mol. The van der Waals surface area contributed by atoms with Crippen LogP contribution in [0.15, 0.2) is 11.6 Å². The predicted molar refractivity (Wildman–Crippen MR) is 156 cm³/mol. The summed E-state index contributed by atoms with van der Waals surface area (Å²) in [7, 11) is -5.11. The first-order valence-electron chi connectivity index (χ1n) is 13.7. The van der Waals surface area contributed by atoms with Crippen LogP contribution in [0, 0.1) is 6.92 Å². The van der Waals surface area contributed by atoms with Crippen LogP contribution in [0.2, 0.25) is 25.7 Å². The lowest BCUT2D eigenvalue weighted by Crippen LogP contribution is -2.28. The second-order valence-corrected chi connectivity index (χ2v) is 18.9. The number of ether oxygens (including phenoxy) is 3. The molecule has 39 heavy (non-hydrogen) atoms. The average Bonchev–Trinajstić information content (AvgIpc) is 3.23. The maximum absolute atomic E-state index is 12.7. The molecule has 9 nitrogen and oxygen atoms in total. The molecule has 0 bridgehead atoms. The molecular weight excluding hydrogens is 537 g/mol. The summed E-state index contributed by atoms with van der Waals surface area (Å²) in [5.74, 6) is 0.270. The second kappa shape index (κ2) is 14.5. The van der Waals surface area contributed by atoms with Crippen molar-refractivity contribution in [1.82, 2.24) is 5.32 Å². The Morgan fingerprint density at radius 3 is 2.56 bits per heavy atom. The summed E-state index contributed by atoms with van der Waals surface area (Å²) in [5, 5.41) is 2.49. The Morgan fingerprint density at radius 2 is 1.95 bits per heavy atom. The van der Waals surface area contributed by atoms with Crippen LogP contribution in [0.1, 0.15) is 66.7 Å². The van der Waals surface area contributed by atoms with Gasteiger partial charge in [-0.05, 0) is 62.8 Å². The fraction of sp³-hybridized carbons (Fsp3) is 0.643. The van der Waals surface area contributed by atoms with E-state index in [4.69, 9.17) is 18.7 Å². The van der Waals surface area contributed by atoms with Gasteiger partial charge in [-0.25, -0.2) is 9.59 Å². The van der Waals surface area contributed by atoms with Crippen molar-refractivity contribution in [2.24, 2.45) is 0 Å². The van der Waals surface area contributed by atoms with Gasteiger partial charge < -0.3 is 28.9 Å². The number of cyclic esters (lactones) is 1. The lowest BCUT2D eigenvalue weighted by molar-refractivity contribution is 0.0532. The maximum Gasteiger partial charge on any atom is 0.407 e. The summed E-state index contributed by atoms with van der Waals surface area (Å²) in [4.78, 5) is 34.6. The van der Waals surface area contributed by atoms with Crippen LogP contribution in [-0.4, -0.2) is 57.1 Å². The van der Waals surface area contributed by atoms with Crippen molar-refractivity contribution in [3.8, 4) is 5.75 Å². The van der Waals surface area contributed by atoms with E-state index in [1.165, 1.54) is 0 Å². The Hall–Kier alpha value is -2.13. The number of fused-ring (bicyclic) bond motifs is 1. The molecule has 1 aromatic rings. The first-order valence-corrected chi connectivity index (χ1v) is 19.2. The van der Waals surface area contributed by atoms with Crippen LogP contribution in [-0.2, 0) is 38.0 Å². The zero-order chi connectivity index (χ0) is 29.4. The van der Waals surface area contributed by atoms with E-state index in [-0.39, 0.29) is 38.0 Å². The number of carbonyl (C=O) groups is 2. The van der Waals surface area contributed by atoms with Crippen LogP contribution < -0.4 is 10.1 Å². The lowest BCUT2D eigenvalue weighted by atomic mass is 9.89. The number of allylic oxidation sites excluding steroid dienone is 1. The molecule has 0 saturated heterocycles. The van der Waals surface area contributed by atoms with Gasteiger partial charge in [0.2, 0.25) is 0 Å². The van der Waals surface area contributed by atoms with E-state index in [9.17, 15) is 19.0 Å². The Morgan fingerprint density at radius 1 is 1.26 bits per heavy atom. The van der Waals surface area contributed by atoms with Crippen LogP contribution in [0.25, 0.3) is 0 Å². The van der Waals surface area contributed by atoms with E-state index >= 15 is 0 Å². The minimum atomic E-state index is -3.77. The molecule has 0 aromatic heterocycles. The normalized spacial score (nSPS) is 15.8. The third-order valence-electron chi connectivity index (χ3n) is 6.75. The average molecular weight is 584 g/mol. The molecule has 1 heterocycles. The third kappa shape index (κ3) is 10.1. The minimum Gasteiger partial charge on any atom is -0.493 e. The van der Waals surface area contributed by atoms with Gasteiger partial charge in [-0.15, -0.1) is 0 Å². The zero-order valence-corrected chi connectivity index (χ0v) is 26.7. The SMILES string of the molecule is CCc1c(C)c2c(c(OCC[Si](C)(C)C)c1CC=C(C)COC(=O)NCCP(=O)(O)OC(C)CC)C(=O)OC2. The van der Waals surface area contributed by atoms with Crippen LogP contribution in [0.5, 0.6) is 5.75 Å². The molecule has 1 aliphatic heterocycles. The van der Waals surface area contributed by atoms with Gasteiger partial charge >= 0.3 is 19.7 Å². The highest BCUT2D eigenvalue weighted by molar-refractivity contribution is 7.52. The maximum atomic E-state index is 12.7.